The van der Waals surface area contributed by atoms with Crippen LogP contribution in [0.15, 0.2) is 12.4 Å². The maximum Gasteiger partial charge on any atom is 0.133 e. The van der Waals surface area contributed by atoms with Crippen LogP contribution < -0.4 is 5.32 Å². The Labute approximate surface area is 117 Å². The van der Waals surface area contributed by atoms with Gasteiger partial charge in [-0.25, -0.2) is 9.97 Å². The molecule has 2 heterocycles. The molecule has 2 aliphatic carbocycles. The van der Waals surface area contributed by atoms with Crippen LogP contribution in [-0.4, -0.2) is 9.97 Å². The first-order chi connectivity index (χ1) is 9.40. The normalized spacial score (nSPS) is 16.4. The second-order valence-corrected chi connectivity index (χ2v) is 6.59. The van der Waals surface area contributed by atoms with Crippen molar-refractivity contribution in [2.45, 2.75) is 45.1 Å². The van der Waals surface area contributed by atoms with E-state index in [2.05, 4.69) is 21.4 Å². The highest BCUT2D eigenvalue weighted by atomic mass is 32.1. The molecular weight excluding hydrogens is 254 g/mol. The van der Waals surface area contributed by atoms with Gasteiger partial charge >= 0.3 is 0 Å². The summed E-state index contributed by atoms with van der Waals surface area (Å²) in [5.74, 6) is 1.05. The van der Waals surface area contributed by atoms with E-state index >= 15 is 0 Å². The number of thiophene rings is 1. The summed E-state index contributed by atoms with van der Waals surface area (Å²) in [6, 6.07) is 2.38. The van der Waals surface area contributed by atoms with Gasteiger partial charge in [0, 0.05) is 21.0 Å². The number of aryl methyl sites for hydroxylation is 3. The van der Waals surface area contributed by atoms with Crippen LogP contribution in [-0.2, 0) is 32.2 Å². The Morgan fingerprint density at radius 1 is 1.11 bits per heavy atom. The van der Waals surface area contributed by atoms with Crippen LogP contribution in [0.5, 0.6) is 0 Å². The summed E-state index contributed by atoms with van der Waals surface area (Å²) in [7, 11) is 0. The van der Waals surface area contributed by atoms with Crippen molar-refractivity contribution < 1.29 is 0 Å². The molecule has 4 heteroatoms. The minimum Gasteiger partial charge on any atom is -0.365 e. The zero-order valence-electron chi connectivity index (χ0n) is 10.9. The Morgan fingerprint density at radius 2 is 2.05 bits per heavy atom. The van der Waals surface area contributed by atoms with Gasteiger partial charge in [0.05, 0.1) is 6.54 Å². The number of nitrogens with zero attached hydrogens (tertiary/aromatic N) is 2. The number of fused-ring (bicyclic) bond motifs is 2. The average Bonchev–Trinajstić information content (AvgIpc) is 3.10. The summed E-state index contributed by atoms with van der Waals surface area (Å²) < 4.78 is 0. The third-order valence-corrected chi connectivity index (χ3v) is 5.34. The van der Waals surface area contributed by atoms with Crippen molar-refractivity contribution in [3.05, 3.63) is 39.0 Å². The van der Waals surface area contributed by atoms with Crippen molar-refractivity contribution in [2.24, 2.45) is 0 Å². The zero-order chi connectivity index (χ0) is 12.7. The van der Waals surface area contributed by atoms with Crippen LogP contribution in [0.25, 0.3) is 0 Å². The van der Waals surface area contributed by atoms with Crippen molar-refractivity contribution in [1.82, 2.24) is 9.97 Å². The van der Waals surface area contributed by atoms with Gasteiger partial charge < -0.3 is 5.32 Å². The number of aromatic nitrogens is 2. The number of anilines is 1. The van der Waals surface area contributed by atoms with Crippen LogP contribution in [0.4, 0.5) is 5.82 Å². The van der Waals surface area contributed by atoms with Gasteiger partial charge in [-0.15, -0.1) is 11.3 Å². The Bertz CT molecular complexity index is 596. The molecule has 0 bridgehead atoms. The number of hydrogen-bond acceptors (Lipinski definition) is 4. The zero-order valence-corrected chi connectivity index (χ0v) is 11.7. The lowest BCUT2D eigenvalue weighted by Gasteiger charge is -2.08. The second-order valence-electron chi connectivity index (χ2n) is 5.37. The lowest BCUT2D eigenvalue weighted by molar-refractivity contribution is 0.899. The van der Waals surface area contributed by atoms with Crippen LogP contribution in [0.3, 0.4) is 0 Å². The highest BCUT2D eigenvalue weighted by Crippen LogP contribution is 2.31. The Morgan fingerprint density at radius 3 is 3.00 bits per heavy atom. The molecule has 0 aliphatic heterocycles. The van der Waals surface area contributed by atoms with Gasteiger partial charge in [0.1, 0.15) is 12.1 Å². The Kier molecular flexibility index (Phi) is 2.76. The van der Waals surface area contributed by atoms with Crippen LogP contribution in [0, 0.1) is 0 Å². The maximum atomic E-state index is 4.41. The van der Waals surface area contributed by atoms with Gasteiger partial charge in [-0.05, 0) is 50.2 Å². The molecule has 1 N–H and O–H groups in total. The lowest BCUT2D eigenvalue weighted by atomic mass is 10.2. The molecule has 0 spiro atoms. The summed E-state index contributed by atoms with van der Waals surface area (Å²) >= 11 is 1.97. The molecule has 0 amide bonds. The molecule has 0 unspecified atom stereocenters. The summed E-state index contributed by atoms with van der Waals surface area (Å²) in [6.45, 7) is 0.904. The van der Waals surface area contributed by atoms with E-state index in [1.165, 1.54) is 41.8 Å². The number of hydrogen-bond donors (Lipinski definition) is 1. The fourth-order valence-electron chi connectivity index (χ4n) is 3.16. The van der Waals surface area contributed by atoms with E-state index in [1.807, 2.05) is 11.3 Å². The quantitative estimate of drug-likeness (QED) is 0.932. The molecular formula is C15H17N3S. The van der Waals surface area contributed by atoms with Crippen LogP contribution in [0.2, 0.25) is 0 Å². The monoisotopic (exact) mass is 271 g/mol. The van der Waals surface area contributed by atoms with E-state index in [0.717, 1.165) is 25.2 Å². The minimum absolute atomic E-state index is 0.904. The number of rotatable bonds is 3. The van der Waals surface area contributed by atoms with Crippen molar-refractivity contribution >= 4 is 17.2 Å². The van der Waals surface area contributed by atoms with Crippen molar-refractivity contribution in [1.29, 1.82) is 0 Å². The highest BCUT2D eigenvalue weighted by molar-refractivity contribution is 7.12. The van der Waals surface area contributed by atoms with E-state index < -0.39 is 0 Å². The predicted molar refractivity (Wildman–Crippen MR) is 77.7 cm³/mol. The topological polar surface area (TPSA) is 37.8 Å². The average molecular weight is 271 g/mol. The molecule has 2 aliphatic rings. The standard InChI is InChI=1S/C15H17N3S/c1-3-10-7-11(19-14(10)6-1)8-16-15-12-4-2-5-13(12)17-9-18-15/h7,9H,1-6,8H2,(H,16,17,18). The maximum absolute atomic E-state index is 4.41. The molecule has 2 aromatic rings. The number of nitrogens with one attached hydrogen (secondary N) is 1. The summed E-state index contributed by atoms with van der Waals surface area (Å²) in [5.41, 5.74) is 4.16. The summed E-state index contributed by atoms with van der Waals surface area (Å²) in [5, 5.41) is 3.51. The van der Waals surface area contributed by atoms with Gasteiger partial charge in [-0.2, -0.15) is 0 Å². The van der Waals surface area contributed by atoms with Gasteiger partial charge in [-0.1, -0.05) is 0 Å². The summed E-state index contributed by atoms with van der Waals surface area (Å²) in [6.07, 6.45) is 9.04. The van der Waals surface area contributed by atoms with E-state index in [0.29, 0.717) is 0 Å². The third-order valence-electron chi connectivity index (χ3n) is 4.10. The van der Waals surface area contributed by atoms with Gasteiger partial charge in [-0.3, -0.25) is 0 Å². The van der Waals surface area contributed by atoms with Crippen molar-refractivity contribution in [3.8, 4) is 0 Å². The molecule has 4 rings (SSSR count). The largest absolute Gasteiger partial charge is 0.365 e. The molecule has 0 radical (unpaired) electrons. The first-order valence-electron chi connectivity index (χ1n) is 7.07. The minimum atomic E-state index is 0.904. The fraction of sp³-hybridized carbons (Fsp3) is 0.467. The van der Waals surface area contributed by atoms with Crippen molar-refractivity contribution in [3.63, 3.8) is 0 Å². The molecule has 19 heavy (non-hydrogen) atoms. The van der Waals surface area contributed by atoms with Gasteiger partial charge in [0.25, 0.3) is 0 Å². The third kappa shape index (κ3) is 2.04. The SMILES string of the molecule is c1nc2c(c(NCc3cc4c(s3)CCC4)n1)CCC2. The predicted octanol–water partition coefficient (Wildman–Crippen LogP) is 3.13. The van der Waals surface area contributed by atoms with Gasteiger partial charge in [0.15, 0.2) is 0 Å². The molecule has 3 nitrogen and oxygen atoms in total. The van der Waals surface area contributed by atoms with Crippen molar-refractivity contribution in [2.75, 3.05) is 5.32 Å². The highest BCUT2D eigenvalue weighted by Gasteiger charge is 2.18. The molecule has 0 saturated heterocycles. The molecule has 0 fully saturated rings. The summed E-state index contributed by atoms with van der Waals surface area (Å²) in [4.78, 5) is 11.8. The fourth-order valence-corrected chi connectivity index (χ4v) is 4.36. The van der Waals surface area contributed by atoms with E-state index in [-0.39, 0.29) is 0 Å². The molecule has 2 aromatic heterocycles. The van der Waals surface area contributed by atoms with E-state index in [4.69, 9.17) is 0 Å². The second kappa shape index (κ2) is 4.60. The Balaban J connectivity index is 1.51. The van der Waals surface area contributed by atoms with Crippen LogP contribution >= 0.6 is 11.3 Å². The van der Waals surface area contributed by atoms with Gasteiger partial charge in [0.2, 0.25) is 0 Å². The lowest BCUT2D eigenvalue weighted by Crippen LogP contribution is -2.04. The molecule has 0 saturated carbocycles. The first-order valence-corrected chi connectivity index (χ1v) is 7.89. The first kappa shape index (κ1) is 11.4. The van der Waals surface area contributed by atoms with E-state index in [9.17, 15) is 0 Å². The Hall–Kier alpha value is -1.42. The van der Waals surface area contributed by atoms with E-state index in [1.54, 1.807) is 16.8 Å². The molecule has 0 atom stereocenters. The molecule has 0 aromatic carbocycles. The smallest absolute Gasteiger partial charge is 0.133 e. The molecule has 98 valence electrons. The van der Waals surface area contributed by atoms with Crippen LogP contribution in [0.1, 0.15) is 39.4 Å².